The number of carboxylic acids is 1. The molecule has 5 heteroatoms. The summed E-state index contributed by atoms with van der Waals surface area (Å²) in [5, 5.41) is 15.3. The molecule has 2 aliphatic rings. The molecular weight excluding hydrogens is 256 g/mol. The largest absolute Gasteiger partial charge is 0.481 e. The van der Waals surface area contributed by atoms with Gasteiger partial charge in [-0.2, -0.15) is 0 Å². The standard InChI is InChI=1S/C15H26N2O3/c18-14(9-11-5-7-16-8-6-11)17-10-12-1-3-13(4-2-12)15(19)20/h11-13,16H,1-10H2,(H,17,18)(H,19,20). The molecule has 0 aromatic heterocycles. The first-order valence-electron chi connectivity index (χ1n) is 7.85. The van der Waals surface area contributed by atoms with Gasteiger partial charge >= 0.3 is 5.97 Å². The number of piperidine rings is 1. The predicted octanol–water partition coefficient (Wildman–Crippen LogP) is 1.38. The summed E-state index contributed by atoms with van der Waals surface area (Å²) in [5.41, 5.74) is 0. The highest BCUT2D eigenvalue weighted by molar-refractivity contribution is 5.76. The highest BCUT2D eigenvalue weighted by Crippen LogP contribution is 2.28. The van der Waals surface area contributed by atoms with Gasteiger partial charge in [-0.25, -0.2) is 0 Å². The smallest absolute Gasteiger partial charge is 0.306 e. The summed E-state index contributed by atoms with van der Waals surface area (Å²) >= 11 is 0. The maximum absolute atomic E-state index is 11.9. The first-order chi connectivity index (χ1) is 9.65. The minimum absolute atomic E-state index is 0.164. The second-order valence-corrected chi connectivity index (χ2v) is 6.26. The normalized spacial score (nSPS) is 28.0. The SMILES string of the molecule is O=C(CC1CCNCC1)NCC1CCC(C(=O)O)CC1. The van der Waals surface area contributed by atoms with Crippen LogP contribution >= 0.6 is 0 Å². The van der Waals surface area contributed by atoms with Crippen molar-refractivity contribution in [3.63, 3.8) is 0 Å². The summed E-state index contributed by atoms with van der Waals surface area (Å²) < 4.78 is 0. The predicted molar refractivity (Wildman–Crippen MR) is 76.3 cm³/mol. The molecule has 2 fully saturated rings. The average Bonchev–Trinajstić information content (AvgIpc) is 2.46. The second kappa shape index (κ2) is 7.62. The van der Waals surface area contributed by atoms with Crippen LogP contribution in [0.3, 0.4) is 0 Å². The number of hydrogen-bond donors (Lipinski definition) is 3. The molecule has 5 nitrogen and oxygen atoms in total. The molecule has 0 unspecified atom stereocenters. The Hall–Kier alpha value is -1.10. The third-order valence-corrected chi connectivity index (χ3v) is 4.72. The Labute approximate surface area is 120 Å². The van der Waals surface area contributed by atoms with Crippen molar-refractivity contribution in [1.82, 2.24) is 10.6 Å². The highest BCUT2D eigenvalue weighted by atomic mass is 16.4. The zero-order valence-corrected chi connectivity index (χ0v) is 12.1. The monoisotopic (exact) mass is 282 g/mol. The minimum Gasteiger partial charge on any atom is -0.481 e. The Bertz CT molecular complexity index is 332. The molecule has 0 radical (unpaired) electrons. The summed E-state index contributed by atoms with van der Waals surface area (Å²) in [7, 11) is 0. The van der Waals surface area contributed by atoms with E-state index in [0.717, 1.165) is 58.2 Å². The lowest BCUT2D eigenvalue weighted by Gasteiger charge is -2.27. The molecule has 20 heavy (non-hydrogen) atoms. The van der Waals surface area contributed by atoms with Crippen LogP contribution in [0.4, 0.5) is 0 Å². The fourth-order valence-electron chi connectivity index (χ4n) is 3.29. The lowest BCUT2D eigenvalue weighted by atomic mass is 9.82. The van der Waals surface area contributed by atoms with Gasteiger partial charge in [-0.1, -0.05) is 0 Å². The second-order valence-electron chi connectivity index (χ2n) is 6.26. The number of amides is 1. The van der Waals surface area contributed by atoms with Crippen LogP contribution in [0.2, 0.25) is 0 Å². The van der Waals surface area contributed by atoms with E-state index >= 15 is 0 Å². The van der Waals surface area contributed by atoms with Crippen LogP contribution in [0.1, 0.15) is 44.9 Å². The van der Waals surface area contributed by atoms with Gasteiger partial charge in [0.15, 0.2) is 0 Å². The van der Waals surface area contributed by atoms with Gasteiger partial charge < -0.3 is 15.7 Å². The number of nitrogens with one attached hydrogen (secondary N) is 2. The number of carboxylic acid groups (broad SMARTS) is 1. The van der Waals surface area contributed by atoms with Crippen molar-refractivity contribution < 1.29 is 14.7 Å². The molecule has 0 atom stereocenters. The van der Waals surface area contributed by atoms with Crippen LogP contribution in [0.15, 0.2) is 0 Å². The Morgan fingerprint density at radius 3 is 2.25 bits per heavy atom. The van der Waals surface area contributed by atoms with Crippen LogP contribution in [0.5, 0.6) is 0 Å². The fourth-order valence-corrected chi connectivity index (χ4v) is 3.29. The Morgan fingerprint density at radius 2 is 1.65 bits per heavy atom. The van der Waals surface area contributed by atoms with Crippen molar-refractivity contribution in [1.29, 1.82) is 0 Å². The van der Waals surface area contributed by atoms with Gasteiger partial charge in [-0.3, -0.25) is 9.59 Å². The van der Waals surface area contributed by atoms with E-state index in [1.807, 2.05) is 0 Å². The molecule has 0 spiro atoms. The fraction of sp³-hybridized carbons (Fsp3) is 0.867. The number of rotatable bonds is 5. The van der Waals surface area contributed by atoms with Gasteiger partial charge in [0.25, 0.3) is 0 Å². The first kappa shape index (κ1) is 15.3. The van der Waals surface area contributed by atoms with Crippen LogP contribution in [-0.4, -0.2) is 36.6 Å². The van der Waals surface area contributed by atoms with E-state index in [1.165, 1.54) is 0 Å². The van der Waals surface area contributed by atoms with Crippen LogP contribution in [0.25, 0.3) is 0 Å². The maximum atomic E-state index is 11.9. The molecule has 1 aliphatic carbocycles. The van der Waals surface area contributed by atoms with E-state index in [2.05, 4.69) is 10.6 Å². The van der Waals surface area contributed by atoms with Crippen molar-refractivity contribution in [3.8, 4) is 0 Å². The summed E-state index contributed by atoms with van der Waals surface area (Å²) in [6, 6.07) is 0. The lowest BCUT2D eigenvalue weighted by molar-refractivity contribution is -0.143. The van der Waals surface area contributed by atoms with Crippen molar-refractivity contribution in [2.24, 2.45) is 17.8 Å². The maximum Gasteiger partial charge on any atom is 0.306 e. The summed E-state index contributed by atoms with van der Waals surface area (Å²) in [4.78, 5) is 22.8. The van der Waals surface area contributed by atoms with Gasteiger partial charge in [0, 0.05) is 13.0 Å². The summed E-state index contributed by atoms with van der Waals surface area (Å²) in [6.07, 6.45) is 6.18. The Kier molecular flexibility index (Phi) is 5.83. The summed E-state index contributed by atoms with van der Waals surface area (Å²) in [6.45, 7) is 2.77. The lowest BCUT2D eigenvalue weighted by Crippen LogP contribution is -2.35. The third kappa shape index (κ3) is 4.78. The highest BCUT2D eigenvalue weighted by Gasteiger charge is 2.26. The molecule has 0 aromatic carbocycles. The van der Waals surface area contributed by atoms with E-state index in [9.17, 15) is 9.59 Å². The molecule has 1 saturated carbocycles. The zero-order valence-electron chi connectivity index (χ0n) is 12.1. The number of aliphatic carboxylic acids is 1. The topological polar surface area (TPSA) is 78.4 Å². The van der Waals surface area contributed by atoms with Crippen molar-refractivity contribution in [2.75, 3.05) is 19.6 Å². The molecule has 1 heterocycles. The summed E-state index contributed by atoms with van der Waals surface area (Å²) in [5.74, 6) is 0.314. The molecule has 1 aliphatic heterocycles. The molecule has 1 amide bonds. The van der Waals surface area contributed by atoms with Gasteiger partial charge in [0.2, 0.25) is 5.91 Å². The number of hydrogen-bond acceptors (Lipinski definition) is 3. The molecule has 3 N–H and O–H groups in total. The van der Waals surface area contributed by atoms with E-state index in [-0.39, 0.29) is 11.8 Å². The van der Waals surface area contributed by atoms with Crippen molar-refractivity contribution in [3.05, 3.63) is 0 Å². The van der Waals surface area contributed by atoms with Crippen LogP contribution in [0, 0.1) is 17.8 Å². The minimum atomic E-state index is -0.668. The van der Waals surface area contributed by atoms with E-state index < -0.39 is 5.97 Å². The van der Waals surface area contributed by atoms with Gasteiger partial charge in [0.05, 0.1) is 5.92 Å². The quantitative estimate of drug-likeness (QED) is 0.712. The molecule has 0 bridgehead atoms. The Balaban J connectivity index is 1.60. The van der Waals surface area contributed by atoms with E-state index in [4.69, 9.17) is 5.11 Å². The molecule has 114 valence electrons. The molecule has 1 saturated heterocycles. The number of carbonyl (C=O) groups excluding carboxylic acids is 1. The Morgan fingerprint density at radius 1 is 1.00 bits per heavy atom. The molecule has 0 aromatic rings. The van der Waals surface area contributed by atoms with E-state index in [0.29, 0.717) is 18.3 Å². The van der Waals surface area contributed by atoms with Gasteiger partial charge in [-0.15, -0.1) is 0 Å². The van der Waals surface area contributed by atoms with Crippen LogP contribution < -0.4 is 10.6 Å². The van der Waals surface area contributed by atoms with Crippen molar-refractivity contribution >= 4 is 11.9 Å². The van der Waals surface area contributed by atoms with Crippen molar-refractivity contribution in [2.45, 2.75) is 44.9 Å². The van der Waals surface area contributed by atoms with Gasteiger partial charge in [0.1, 0.15) is 0 Å². The molecular formula is C15H26N2O3. The average molecular weight is 282 g/mol. The number of carbonyl (C=O) groups is 2. The molecule has 2 rings (SSSR count). The third-order valence-electron chi connectivity index (χ3n) is 4.72. The first-order valence-corrected chi connectivity index (χ1v) is 7.85. The van der Waals surface area contributed by atoms with E-state index in [1.54, 1.807) is 0 Å². The zero-order chi connectivity index (χ0) is 14.4. The van der Waals surface area contributed by atoms with Gasteiger partial charge in [-0.05, 0) is 63.5 Å². The van der Waals surface area contributed by atoms with Crippen LogP contribution in [-0.2, 0) is 9.59 Å².